The molecule has 16 heavy (non-hydrogen) atoms. The lowest BCUT2D eigenvalue weighted by molar-refractivity contribution is 0.194. The number of hydrogen-bond acceptors (Lipinski definition) is 2. The lowest BCUT2D eigenvalue weighted by Crippen LogP contribution is -2.36. The van der Waals surface area contributed by atoms with Gasteiger partial charge in [-0.15, -0.1) is 0 Å². The number of amides is 1. The highest BCUT2D eigenvalue weighted by molar-refractivity contribution is 5.70. The van der Waals surface area contributed by atoms with E-state index in [1.165, 1.54) is 0 Å². The maximum Gasteiger partial charge on any atom is 0.412 e. The number of hydrogen-bond donors (Lipinski definition) is 1. The van der Waals surface area contributed by atoms with Crippen LogP contribution in [0.4, 0.5) is 4.79 Å². The summed E-state index contributed by atoms with van der Waals surface area (Å²) in [4.78, 5) is 11.5. The highest BCUT2D eigenvalue weighted by atomic mass is 16.6. The van der Waals surface area contributed by atoms with Crippen molar-refractivity contribution in [3.05, 3.63) is 30.3 Å². The molecule has 0 saturated carbocycles. The minimum Gasteiger partial charge on any atom is -0.410 e. The van der Waals surface area contributed by atoms with Crippen LogP contribution in [0.25, 0.3) is 0 Å². The van der Waals surface area contributed by atoms with Crippen molar-refractivity contribution >= 4 is 6.09 Å². The van der Waals surface area contributed by atoms with E-state index in [2.05, 4.69) is 19.2 Å². The average Bonchev–Trinajstić information content (AvgIpc) is 2.29. The van der Waals surface area contributed by atoms with Crippen LogP contribution in [0.5, 0.6) is 5.75 Å². The molecule has 1 aromatic rings. The summed E-state index contributed by atoms with van der Waals surface area (Å²) in [6.07, 6.45) is 2.61. The van der Waals surface area contributed by atoms with Gasteiger partial charge in [-0.05, 0) is 25.0 Å². The standard InChI is InChI=1S/C13H19NO2.H2/c1-3-8-11(4-2)14-13(15)16-12-9-6-5-7-10-12;/h5-7,9-11H,3-4,8H2,1-2H3,(H,14,15);1H. The van der Waals surface area contributed by atoms with Crippen LogP contribution in [0.15, 0.2) is 30.3 Å². The number of rotatable bonds is 5. The molecule has 1 unspecified atom stereocenters. The van der Waals surface area contributed by atoms with Gasteiger partial charge in [0.2, 0.25) is 0 Å². The second kappa shape index (κ2) is 6.88. The number of benzene rings is 1. The third kappa shape index (κ3) is 4.34. The minimum absolute atomic E-state index is 0. The fourth-order valence-electron chi connectivity index (χ4n) is 1.52. The largest absolute Gasteiger partial charge is 0.412 e. The van der Waals surface area contributed by atoms with E-state index in [0.29, 0.717) is 5.75 Å². The summed E-state index contributed by atoms with van der Waals surface area (Å²) in [5.74, 6) is 0.575. The Morgan fingerprint density at radius 3 is 2.62 bits per heavy atom. The third-order valence-electron chi connectivity index (χ3n) is 2.41. The van der Waals surface area contributed by atoms with Gasteiger partial charge in [-0.25, -0.2) is 4.79 Å². The Bertz CT molecular complexity index is 316. The Kier molecular flexibility index (Phi) is 5.40. The Morgan fingerprint density at radius 2 is 2.06 bits per heavy atom. The van der Waals surface area contributed by atoms with Gasteiger partial charge in [0.15, 0.2) is 0 Å². The number of carbonyl (C=O) groups is 1. The molecular formula is C13H21NO2. The fourth-order valence-corrected chi connectivity index (χ4v) is 1.52. The molecule has 1 aromatic carbocycles. The van der Waals surface area contributed by atoms with E-state index in [0.717, 1.165) is 19.3 Å². The SMILES string of the molecule is CCCC(CC)NC(=O)Oc1ccccc1.[HH]. The maximum atomic E-state index is 11.5. The molecule has 0 radical (unpaired) electrons. The Labute approximate surface area is 98.3 Å². The maximum absolute atomic E-state index is 11.5. The van der Waals surface area contributed by atoms with Crippen molar-refractivity contribution in [1.29, 1.82) is 0 Å². The molecular weight excluding hydrogens is 202 g/mol. The molecule has 0 fully saturated rings. The van der Waals surface area contributed by atoms with Crippen LogP contribution in [0.1, 0.15) is 34.5 Å². The van der Waals surface area contributed by atoms with Crippen molar-refractivity contribution in [3.63, 3.8) is 0 Å². The molecule has 0 bridgehead atoms. The van der Waals surface area contributed by atoms with Crippen LogP contribution < -0.4 is 10.1 Å². The van der Waals surface area contributed by atoms with Gasteiger partial charge in [-0.3, -0.25) is 0 Å². The fraction of sp³-hybridized carbons (Fsp3) is 0.462. The van der Waals surface area contributed by atoms with Crippen molar-refractivity contribution in [2.75, 3.05) is 0 Å². The summed E-state index contributed by atoms with van der Waals surface area (Å²) in [6.45, 7) is 4.16. The lowest BCUT2D eigenvalue weighted by Gasteiger charge is -2.15. The van der Waals surface area contributed by atoms with Crippen LogP contribution in [0.2, 0.25) is 0 Å². The van der Waals surface area contributed by atoms with Gasteiger partial charge in [-0.1, -0.05) is 38.5 Å². The van der Waals surface area contributed by atoms with Crippen molar-refractivity contribution in [2.45, 2.75) is 39.2 Å². The second-order valence-corrected chi connectivity index (χ2v) is 3.74. The molecule has 0 aromatic heterocycles. The van der Waals surface area contributed by atoms with Crippen LogP contribution in [0, 0.1) is 0 Å². The van der Waals surface area contributed by atoms with Gasteiger partial charge < -0.3 is 10.1 Å². The van der Waals surface area contributed by atoms with Crippen molar-refractivity contribution in [2.24, 2.45) is 0 Å². The first-order chi connectivity index (χ1) is 7.76. The molecule has 1 amide bonds. The second-order valence-electron chi connectivity index (χ2n) is 3.74. The predicted octanol–water partition coefficient (Wildman–Crippen LogP) is 3.60. The van der Waals surface area contributed by atoms with Gasteiger partial charge in [0.05, 0.1) is 0 Å². The lowest BCUT2D eigenvalue weighted by atomic mass is 10.1. The Morgan fingerprint density at radius 1 is 1.38 bits per heavy atom. The van der Waals surface area contributed by atoms with Crippen molar-refractivity contribution < 1.29 is 11.0 Å². The topological polar surface area (TPSA) is 38.3 Å². The number of ether oxygens (including phenoxy) is 1. The van der Waals surface area contributed by atoms with E-state index in [4.69, 9.17) is 4.74 Å². The van der Waals surface area contributed by atoms with Crippen molar-refractivity contribution in [1.82, 2.24) is 5.32 Å². The first kappa shape index (κ1) is 12.6. The van der Waals surface area contributed by atoms with Crippen LogP contribution in [-0.2, 0) is 0 Å². The number of carbonyl (C=O) groups excluding carboxylic acids is 1. The molecule has 0 heterocycles. The van der Waals surface area contributed by atoms with Gasteiger partial charge in [0.1, 0.15) is 5.75 Å². The Hall–Kier alpha value is -1.51. The zero-order chi connectivity index (χ0) is 11.8. The number of nitrogens with one attached hydrogen (secondary N) is 1. The summed E-state index contributed by atoms with van der Waals surface area (Å²) < 4.78 is 5.14. The van der Waals surface area contributed by atoms with Crippen LogP contribution in [-0.4, -0.2) is 12.1 Å². The molecule has 0 aliphatic carbocycles. The number of para-hydroxylation sites is 1. The van der Waals surface area contributed by atoms with Crippen LogP contribution in [0.3, 0.4) is 0 Å². The third-order valence-corrected chi connectivity index (χ3v) is 2.41. The van der Waals surface area contributed by atoms with Crippen LogP contribution >= 0.6 is 0 Å². The van der Waals surface area contributed by atoms with E-state index in [9.17, 15) is 4.79 Å². The van der Waals surface area contributed by atoms with E-state index in [-0.39, 0.29) is 13.6 Å². The summed E-state index contributed by atoms with van der Waals surface area (Å²) in [5, 5.41) is 2.85. The predicted molar refractivity (Wildman–Crippen MR) is 66.7 cm³/mol. The zero-order valence-corrected chi connectivity index (χ0v) is 9.90. The van der Waals surface area contributed by atoms with E-state index >= 15 is 0 Å². The van der Waals surface area contributed by atoms with Crippen molar-refractivity contribution in [3.8, 4) is 5.75 Å². The van der Waals surface area contributed by atoms with Gasteiger partial charge in [-0.2, -0.15) is 0 Å². The molecule has 0 saturated heterocycles. The molecule has 1 N–H and O–H groups in total. The quantitative estimate of drug-likeness (QED) is 0.828. The molecule has 3 heteroatoms. The summed E-state index contributed by atoms with van der Waals surface area (Å²) in [5.41, 5.74) is 0. The summed E-state index contributed by atoms with van der Waals surface area (Å²) in [7, 11) is 0. The van der Waals surface area contributed by atoms with Gasteiger partial charge >= 0.3 is 6.09 Å². The first-order valence-electron chi connectivity index (χ1n) is 5.79. The molecule has 90 valence electrons. The smallest absolute Gasteiger partial charge is 0.410 e. The molecule has 1 atom stereocenters. The first-order valence-corrected chi connectivity index (χ1v) is 5.79. The minimum atomic E-state index is -0.369. The highest BCUT2D eigenvalue weighted by Crippen LogP contribution is 2.09. The molecule has 1 rings (SSSR count). The highest BCUT2D eigenvalue weighted by Gasteiger charge is 2.10. The summed E-state index contributed by atoms with van der Waals surface area (Å²) in [6, 6.07) is 9.30. The van der Waals surface area contributed by atoms with E-state index in [1.54, 1.807) is 12.1 Å². The van der Waals surface area contributed by atoms with Gasteiger partial charge in [0, 0.05) is 7.47 Å². The monoisotopic (exact) mass is 223 g/mol. The molecule has 0 spiro atoms. The van der Waals surface area contributed by atoms with Gasteiger partial charge in [0.25, 0.3) is 0 Å². The van der Waals surface area contributed by atoms with E-state index < -0.39 is 0 Å². The summed E-state index contributed by atoms with van der Waals surface area (Å²) >= 11 is 0. The molecule has 3 nitrogen and oxygen atoms in total. The normalized spacial score (nSPS) is 11.9. The van der Waals surface area contributed by atoms with E-state index in [1.807, 2.05) is 18.2 Å². The molecule has 0 aliphatic rings. The average molecular weight is 223 g/mol. The zero-order valence-electron chi connectivity index (χ0n) is 9.90. The Balaban J connectivity index is 0.00000256. The molecule has 0 aliphatic heterocycles.